The SMILES string of the molecule is CC(NC(=O)C(C)(N)C(F)(F)F)c1ccccc1Cl. The van der Waals surface area contributed by atoms with Crippen molar-refractivity contribution in [3.8, 4) is 0 Å². The summed E-state index contributed by atoms with van der Waals surface area (Å²) in [6, 6.07) is 5.89. The van der Waals surface area contributed by atoms with Gasteiger partial charge in [0, 0.05) is 5.02 Å². The van der Waals surface area contributed by atoms with Crippen LogP contribution in [0.1, 0.15) is 25.5 Å². The van der Waals surface area contributed by atoms with Crippen molar-refractivity contribution in [1.29, 1.82) is 0 Å². The average molecular weight is 295 g/mol. The molecule has 3 N–H and O–H groups in total. The summed E-state index contributed by atoms with van der Waals surface area (Å²) in [6.45, 7) is 2.16. The number of nitrogens with one attached hydrogen (secondary N) is 1. The molecule has 0 spiro atoms. The predicted octanol–water partition coefficient (Wildman–Crippen LogP) is 2.80. The largest absolute Gasteiger partial charge is 0.415 e. The molecule has 0 bridgehead atoms. The number of benzene rings is 1. The van der Waals surface area contributed by atoms with Crippen molar-refractivity contribution in [3.05, 3.63) is 34.9 Å². The van der Waals surface area contributed by atoms with Gasteiger partial charge >= 0.3 is 6.18 Å². The second-order valence-corrected chi connectivity index (χ2v) is 4.82. The molecule has 0 saturated heterocycles. The van der Waals surface area contributed by atoms with E-state index in [0.717, 1.165) is 0 Å². The van der Waals surface area contributed by atoms with Crippen LogP contribution in [0.25, 0.3) is 0 Å². The molecule has 0 saturated carbocycles. The van der Waals surface area contributed by atoms with Gasteiger partial charge in [0.25, 0.3) is 0 Å². The Hall–Kier alpha value is -1.27. The molecule has 1 aromatic carbocycles. The van der Waals surface area contributed by atoms with Gasteiger partial charge in [0.2, 0.25) is 5.91 Å². The molecule has 0 aliphatic carbocycles. The molecule has 0 aliphatic heterocycles. The number of amides is 1. The third kappa shape index (κ3) is 3.39. The summed E-state index contributed by atoms with van der Waals surface area (Å²) >= 11 is 5.90. The van der Waals surface area contributed by atoms with E-state index in [0.29, 0.717) is 17.5 Å². The minimum atomic E-state index is -4.82. The van der Waals surface area contributed by atoms with Gasteiger partial charge in [0.15, 0.2) is 5.54 Å². The zero-order chi connectivity index (χ0) is 14.8. The van der Waals surface area contributed by atoms with Crippen molar-refractivity contribution in [2.75, 3.05) is 0 Å². The average Bonchev–Trinajstić information content (AvgIpc) is 2.27. The van der Waals surface area contributed by atoms with Crippen molar-refractivity contribution in [3.63, 3.8) is 0 Å². The van der Waals surface area contributed by atoms with Gasteiger partial charge < -0.3 is 11.1 Å². The fourth-order valence-electron chi connectivity index (χ4n) is 1.38. The molecule has 2 atom stereocenters. The molecule has 0 aliphatic rings. The predicted molar refractivity (Wildman–Crippen MR) is 66.7 cm³/mol. The van der Waals surface area contributed by atoms with Crippen molar-refractivity contribution in [1.82, 2.24) is 5.32 Å². The minimum Gasteiger partial charge on any atom is -0.348 e. The highest BCUT2D eigenvalue weighted by molar-refractivity contribution is 6.31. The summed E-state index contributed by atoms with van der Waals surface area (Å²) in [4.78, 5) is 11.6. The number of nitrogens with two attached hydrogens (primary N) is 1. The Labute approximate surface area is 113 Å². The Kier molecular flexibility index (Phi) is 4.47. The molecule has 3 nitrogen and oxygen atoms in total. The molecule has 0 fully saturated rings. The second kappa shape index (κ2) is 5.38. The molecule has 7 heteroatoms. The van der Waals surface area contributed by atoms with Crippen LogP contribution in [-0.2, 0) is 4.79 Å². The van der Waals surface area contributed by atoms with Gasteiger partial charge in [0.05, 0.1) is 6.04 Å². The topological polar surface area (TPSA) is 55.1 Å². The Morgan fingerprint density at radius 2 is 1.89 bits per heavy atom. The van der Waals surface area contributed by atoms with Crippen LogP contribution in [0.15, 0.2) is 24.3 Å². The maximum Gasteiger partial charge on any atom is 0.415 e. The monoisotopic (exact) mass is 294 g/mol. The van der Waals surface area contributed by atoms with Crippen LogP contribution in [0.2, 0.25) is 5.02 Å². The summed E-state index contributed by atoms with van der Waals surface area (Å²) in [5.74, 6) is -1.30. The number of rotatable bonds is 3. The Bertz CT molecular complexity index is 474. The van der Waals surface area contributed by atoms with E-state index in [1.165, 1.54) is 6.92 Å². The third-order valence-corrected chi connectivity index (χ3v) is 3.12. The summed E-state index contributed by atoms with van der Waals surface area (Å²) in [6.07, 6.45) is -4.82. The summed E-state index contributed by atoms with van der Waals surface area (Å²) in [7, 11) is 0. The van der Waals surface area contributed by atoms with Gasteiger partial charge in [-0.25, -0.2) is 0 Å². The van der Waals surface area contributed by atoms with E-state index >= 15 is 0 Å². The quantitative estimate of drug-likeness (QED) is 0.900. The van der Waals surface area contributed by atoms with Crippen LogP contribution in [0.5, 0.6) is 0 Å². The van der Waals surface area contributed by atoms with Crippen molar-refractivity contribution in [2.24, 2.45) is 5.73 Å². The van der Waals surface area contributed by atoms with Gasteiger partial charge in [-0.3, -0.25) is 4.79 Å². The lowest BCUT2D eigenvalue weighted by Crippen LogP contribution is -2.61. The molecule has 106 valence electrons. The van der Waals surface area contributed by atoms with E-state index < -0.39 is 23.7 Å². The molecular formula is C12H14ClF3N2O. The summed E-state index contributed by atoms with van der Waals surface area (Å²) in [5, 5.41) is 2.58. The molecule has 19 heavy (non-hydrogen) atoms. The van der Waals surface area contributed by atoms with Crippen LogP contribution in [-0.4, -0.2) is 17.6 Å². The molecule has 0 radical (unpaired) electrons. The summed E-state index contributed by atoms with van der Waals surface area (Å²) < 4.78 is 37.8. The van der Waals surface area contributed by atoms with E-state index in [1.54, 1.807) is 24.3 Å². The first-order chi connectivity index (χ1) is 8.57. The lowest BCUT2D eigenvalue weighted by atomic mass is 10.0. The number of hydrogen-bond acceptors (Lipinski definition) is 2. The smallest absolute Gasteiger partial charge is 0.348 e. The zero-order valence-electron chi connectivity index (χ0n) is 10.4. The first kappa shape index (κ1) is 15.8. The normalized spacial score (nSPS) is 16.6. The van der Waals surface area contributed by atoms with Crippen LogP contribution < -0.4 is 11.1 Å². The van der Waals surface area contributed by atoms with Crippen molar-refractivity contribution < 1.29 is 18.0 Å². The number of alkyl halides is 3. The highest BCUT2D eigenvalue weighted by atomic mass is 35.5. The maximum atomic E-state index is 12.6. The highest BCUT2D eigenvalue weighted by Crippen LogP contribution is 2.29. The Balaban J connectivity index is 2.87. The van der Waals surface area contributed by atoms with Gasteiger partial charge in [-0.05, 0) is 25.5 Å². The van der Waals surface area contributed by atoms with Crippen molar-refractivity contribution in [2.45, 2.75) is 31.6 Å². The van der Waals surface area contributed by atoms with Gasteiger partial charge in [-0.15, -0.1) is 0 Å². The Morgan fingerprint density at radius 1 is 1.37 bits per heavy atom. The molecule has 1 amide bonds. The highest BCUT2D eigenvalue weighted by Gasteiger charge is 2.54. The number of carbonyl (C=O) groups excluding carboxylic acids is 1. The first-order valence-corrected chi connectivity index (χ1v) is 5.86. The van der Waals surface area contributed by atoms with Gasteiger partial charge in [0.1, 0.15) is 0 Å². The molecule has 1 rings (SSSR count). The standard InChI is InChI=1S/C12H14ClF3N2O/c1-7(8-5-3-4-6-9(8)13)18-10(19)11(2,17)12(14,15)16/h3-7H,17H2,1-2H3,(H,18,19). The van der Waals surface area contributed by atoms with Crippen molar-refractivity contribution >= 4 is 17.5 Å². The number of halogens is 4. The lowest BCUT2D eigenvalue weighted by Gasteiger charge is -2.28. The fourth-order valence-corrected chi connectivity index (χ4v) is 1.68. The fraction of sp³-hybridized carbons (Fsp3) is 0.417. The number of carbonyl (C=O) groups is 1. The van der Waals surface area contributed by atoms with E-state index in [9.17, 15) is 18.0 Å². The number of hydrogen-bond donors (Lipinski definition) is 2. The minimum absolute atomic E-state index is 0.362. The third-order valence-electron chi connectivity index (χ3n) is 2.78. The Morgan fingerprint density at radius 3 is 2.37 bits per heavy atom. The van der Waals surface area contributed by atoms with Gasteiger partial charge in [-0.1, -0.05) is 29.8 Å². The molecular weight excluding hydrogens is 281 g/mol. The second-order valence-electron chi connectivity index (χ2n) is 4.42. The van der Waals surface area contributed by atoms with E-state index in [-0.39, 0.29) is 0 Å². The first-order valence-electron chi connectivity index (χ1n) is 5.48. The van der Waals surface area contributed by atoms with Gasteiger partial charge in [-0.2, -0.15) is 13.2 Å². The van der Waals surface area contributed by atoms with Crippen LogP contribution >= 0.6 is 11.6 Å². The van der Waals surface area contributed by atoms with E-state index in [1.807, 2.05) is 0 Å². The van der Waals surface area contributed by atoms with Crippen LogP contribution in [0, 0.1) is 0 Å². The van der Waals surface area contributed by atoms with E-state index in [4.69, 9.17) is 17.3 Å². The lowest BCUT2D eigenvalue weighted by molar-refractivity contribution is -0.187. The van der Waals surface area contributed by atoms with E-state index in [2.05, 4.69) is 5.32 Å². The molecule has 0 heterocycles. The molecule has 1 aromatic rings. The van der Waals surface area contributed by atoms with Crippen LogP contribution in [0.4, 0.5) is 13.2 Å². The maximum absolute atomic E-state index is 12.6. The summed E-state index contributed by atoms with van der Waals surface area (Å²) in [5.41, 5.74) is 2.61. The van der Waals surface area contributed by atoms with Crippen LogP contribution in [0.3, 0.4) is 0 Å². The molecule has 2 unspecified atom stereocenters. The zero-order valence-corrected chi connectivity index (χ0v) is 11.1. The molecule has 0 aromatic heterocycles.